The van der Waals surface area contributed by atoms with Crippen LogP contribution in [-0.4, -0.2) is 27.4 Å². The summed E-state index contributed by atoms with van der Waals surface area (Å²) < 4.78 is 6.74. The van der Waals surface area contributed by atoms with Gasteiger partial charge in [0.1, 0.15) is 12.3 Å². The molecular formula is C20H21N3O3. The molecule has 0 fully saturated rings. The highest BCUT2D eigenvalue weighted by atomic mass is 16.3. The van der Waals surface area contributed by atoms with Gasteiger partial charge in [-0.1, -0.05) is 29.8 Å². The number of hydrogen-bond donors (Lipinski definition) is 0. The van der Waals surface area contributed by atoms with Crippen molar-refractivity contribution in [3.8, 4) is 11.3 Å². The zero-order chi connectivity index (χ0) is 18.7. The Morgan fingerprint density at radius 3 is 2.65 bits per heavy atom. The SMILES string of the molecule is Cc1ccc(-c2cn(CC(=O)N(C)C(C)c3ccco3)c(=O)cn2)cc1. The standard InChI is InChI=1S/C20H21N3O3/c1-14-6-8-16(9-7-14)17-12-23(19(24)11-21-17)13-20(25)22(3)15(2)18-5-4-10-26-18/h4-12,15H,13H2,1-3H3. The van der Waals surface area contributed by atoms with Crippen molar-refractivity contribution in [1.82, 2.24) is 14.5 Å². The lowest BCUT2D eigenvalue weighted by molar-refractivity contribution is -0.132. The van der Waals surface area contributed by atoms with Gasteiger partial charge in [-0.2, -0.15) is 0 Å². The van der Waals surface area contributed by atoms with Crippen LogP contribution in [0, 0.1) is 6.92 Å². The lowest BCUT2D eigenvalue weighted by Gasteiger charge is -2.23. The van der Waals surface area contributed by atoms with Gasteiger partial charge in [0.15, 0.2) is 0 Å². The Kier molecular flexibility index (Phi) is 5.02. The highest BCUT2D eigenvalue weighted by Crippen LogP contribution is 2.19. The summed E-state index contributed by atoms with van der Waals surface area (Å²) in [5.41, 5.74) is 2.38. The van der Waals surface area contributed by atoms with Gasteiger partial charge in [-0.3, -0.25) is 9.59 Å². The van der Waals surface area contributed by atoms with E-state index in [-0.39, 0.29) is 24.1 Å². The van der Waals surface area contributed by atoms with Gasteiger partial charge in [0.25, 0.3) is 5.56 Å². The molecule has 6 heteroatoms. The Labute approximate surface area is 151 Å². The Hall–Kier alpha value is -3.15. The largest absolute Gasteiger partial charge is 0.467 e. The van der Waals surface area contributed by atoms with Crippen molar-refractivity contribution >= 4 is 5.91 Å². The minimum atomic E-state index is -0.312. The minimum Gasteiger partial charge on any atom is -0.467 e. The van der Waals surface area contributed by atoms with Crippen molar-refractivity contribution in [3.05, 3.63) is 76.7 Å². The molecule has 1 unspecified atom stereocenters. The molecule has 0 bridgehead atoms. The lowest BCUT2D eigenvalue weighted by atomic mass is 10.1. The van der Waals surface area contributed by atoms with Gasteiger partial charge in [-0.25, -0.2) is 4.98 Å². The van der Waals surface area contributed by atoms with Crippen molar-refractivity contribution in [1.29, 1.82) is 0 Å². The molecule has 0 N–H and O–H groups in total. The van der Waals surface area contributed by atoms with E-state index in [1.54, 1.807) is 30.5 Å². The number of hydrogen-bond acceptors (Lipinski definition) is 4. The van der Waals surface area contributed by atoms with E-state index < -0.39 is 0 Å². The van der Waals surface area contributed by atoms with Crippen LogP contribution >= 0.6 is 0 Å². The van der Waals surface area contributed by atoms with E-state index in [1.807, 2.05) is 44.2 Å². The number of aryl methyl sites for hydroxylation is 1. The fourth-order valence-electron chi connectivity index (χ4n) is 2.63. The quantitative estimate of drug-likeness (QED) is 0.708. The molecule has 3 rings (SSSR count). The molecule has 0 radical (unpaired) electrons. The van der Waals surface area contributed by atoms with Crippen LogP contribution in [0.3, 0.4) is 0 Å². The summed E-state index contributed by atoms with van der Waals surface area (Å²) in [5.74, 6) is 0.514. The molecule has 0 saturated heterocycles. The Morgan fingerprint density at radius 1 is 1.27 bits per heavy atom. The van der Waals surface area contributed by atoms with Gasteiger partial charge in [-0.05, 0) is 26.0 Å². The van der Waals surface area contributed by atoms with Crippen LogP contribution in [-0.2, 0) is 11.3 Å². The Bertz CT molecular complexity index is 943. The van der Waals surface area contributed by atoms with Crippen LogP contribution in [0.25, 0.3) is 11.3 Å². The molecule has 0 saturated carbocycles. The van der Waals surface area contributed by atoms with Gasteiger partial charge in [0.05, 0.1) is 24.2 Å². The van der Waals surface area contributed by atoms with Gasteiger partial charge >= 0.3 is 0 Å². The third kappa shape index (κ3) is 3.74. The summed E-state index contributed by atoms with van der Waals surface area (Å²) in [6, 6.07) is 11.2. The fraction of sp³-hybridized carbons (Fsp3) is 0.250. The molecule has 0 aliphatic heterocycles. The van der Waals surface area contributed by atoms with Crippen LogP contribution in [0.5, 0.6) is 0 Å². The van der Waals surface area contributed by atoms with E-state index in [2.05, 4.69) is 4.98 Å². The second kappa shape index (κ2) is 7.39. The van der Waals surface area contributed by atoms with Gasteiger partial charge in [0.2, 0.25) is 5.91 Å². The molecule has 26 heavy (non-hydrogen) atoms. The number of aromatic nitrogens is 2. The number of likely N-dealkylation sites (N-methyl/N-ethyl adjacent to an activating group) is 1. The third-order valence-corrected chi connectivity index (χ3v) is 4.46. The number of benzene rings is 1. The number of amides is 1. The van der Waals surface area contributed by atoms with Crippen molar-refractivity contribution in [3.63, 3.8) is 0 Å². The molecule has 134 valence electrons. The molecule has 2 aromatic heterocycles. The van der Waals surface area contributed by atoms with E-state index in [1.165, 1.54) is 10.8 Å². The molecule has 3 aromatic rings. The summed E-state index contributed by atoms with van der Waals surface area (Å²) in [5, 5.41) is 0. The molecule has 2 heterocycles. The van der Waals surface area contributed by atoms with Crippen molar-refractivity contribution in [2.45, 2.75) is 26.4 Å². The number of furan rings is 1. The monoisotopic (exact) mass is 351 g/mol. The molecule has 1 amide bonds. The minimum absolute atomic E-state index is 0.0538. The van der Waals surface area contributed by atoms with Crippen molar-refractivity contribution < 1.29 is 9.21 Å². The maximum Gasteiger partial charge on any atom is 0.269 e. The van der Waals surface area contributed by atoms with Gasteiger partial charge < -0.3 is 13.9 Å². The van der Waals surface area contributed by atoms with Crippen molar-refractivity contribution in [2.75, 3.05) is 7.05 Å². The van der Waals surface area contributed by atoms with Crippen molar-refractivity contribution in [2.24, 2.45) is 0 Å². The Morgan fingerprint density at radius 2 is 2.00 bits per heavy atom. The summed E-state index contributed by atoms with van der Waals surface area (Å²) in [6.07, 6.45) is 4.44. The zero-order valence-corrected chi connectivity index (χ0v) is 15.0. The number of nitrogens with zero attached hydrogens (tertiary/aromatic N) is 3. The second-order valence-electron chi connectivity index (χ2n) is 6.30. The first-order chi connectivity index (χ1) is 12.5. The molecule has 1 atom stereocenters. The molecule has 1 aromatic carbocycles. The number of rotatable bonds is 5. The summed E-state index contributed by atoms with van der Waals surface area (Å²) >= 11 is 0. The Balaban J connectivity index is 1.80. The highest BCUT2D eigenvalue weighted by molar-refractivity contribution is 5.76. The molecular weight excluding hydrogens is 330 g/mol. The van der Waals surface area contributed by atoms with Crippen LogP contribution in [0.2, 0.25) is 0 Å². The first-order valence-electron chi connectivity index (χ1n) is 8.38. The first kappa shape index (κ1) is 17.7. The third-order valence-electron chi connectivity index (χ3n) is 4.46. The first-order valence-corrected chi connectivity index (χ1v) is 8.38. The molecule has 0 aliphatic carbocycles. The number of carbonyl (C=O) groups is 1. The van der Waals surface area contributed by atoms with E-state index in [4.69, 9.17) is 4.42 Å². The summed E-state index contributed by atoms with van der Waals surface area (Å²) in [7, 11) is 1.70. The van der Waals surface area contributed by atoms with E-state index in [0.29, 0.717) is 11.5 Å². The zero-order valence-electron chi connectivity index (χ0n) is 15.0. The fourth-order valence-corrected chi connectivity index (χ4v) is 2.63. The highest BCUT2D eigenvalue weighted by Gasteiger charge is 2.20. The van der Waals surface area contributed by atoms with Gasteiger partial charge in [0, 0.05) is 18.8 Å². The lowest BCUT2D eigenvalue weighted by Crippen LogP contribution is -2.35. The van der Waals surface area contributed by atoms with E-state index in [9.17, 15) is 9.59 Å². The predicted molar refractivity (Wildman–Crippen MR) is 98.6 cm³/mol. The molecule has 0 spiro atoms. The maximum atomic E-state index is 12.6. The topological polar surface area (TPSA) is 68.3 Å². The van der Waals surface area contributed by atoms with Crippen LogP contribution in [0.4, 0.5) is 0 Å². The van der Waals surface area contributed by atoms with E-state index >= 15 is 0 Å². The smallest absolute Gasteiger partial charge is 0.269 e. The second-order valence-corrected chi connectivity index (χ2v) is 6.30. The molecule has 0 aliphatic rings. The number of carbonyl (C=O) groups excluding carboxylic acids is 1. The normalized spacial score (nSPS) is 12.0. The summed E-state index contributed by atoms with van der Waals surface area (Å²) in [6.45, 7) is 3.83. The predicted octanol–water partition coefficient (Wildman–Crippen LogP) is 3.03. The van der Waals surface area contributed by atoms with Crippen LogP contribution in [0.1, 0.15) is 24.3 Å². The van der Waals surface area contributed by atoms with Gasteiger partial charge in [-0.15, -0.1) is 0 Å². The average Bonchev–Trinajstić information content (AvgIpc) is 3.17. The molecule has 6 nitrogen and oxygen atoms in total. The maximum absolute atomic E-state index is 12.6. The average molecular weight is 351 g/mol. The van der Waals surface area contributed by atoms with Crippen LogP contribution in [0.15, 0.2) is 64.3 Å². The van der Waals surface area contributed by atoms with E-state index in [0.717, 1.165) is 11.1 Å². The summed E-state index contributed by atoms with van der Waals surface area (Å²) in [4.78, 5) is 30.5. The van der Waals surface area contributed by atoms with Crippen LogP contribution < -0.4 is 5.56 Å².